The normalized spacial score (nSPS) is 11.6. The number of rotatable bonds is 4. The SMILES string of the molecule is CC(=O)Nc1cc2c(cc1CC(=O)c1ccccc1)-c1ccccc1C2. The molecule has 0 aromatic heterocycles. The molecule has 0 saturated carbocycles. The van der Waals surface area contributed by atoms with Crippen molar-refractivity contribution >= 4 is 17.4 Å². The summed E-state index contributed by atoms with van der Waals surface area (Å²) in [6.07, 6.45) is 1.11. The summed E-state index contributed by atoms with van der Waals surface area (Å²) in [5, 5.41) is 2.90. The molecule has 0 aliphatic heterocycles. The van der Waals surface area contributed by atoms with Crippen molar-refractivity contribution in [1.82, 2.24) is 0 Å². The molecular weight excluding hydrogens is 322 g/mol. The predicted molar refractivity (Wildman–Crippen MR) is 103 cm³/mol. The molecule has 0 saturated heterocycles. The summed E-state index contributed by atoms with van der Waals surface area (Å²) >= 11 is 0. The zero-order valence-electron chi connectivity index (χ0n) is 14.6. The van der Waals surface area contributed by atoms with E-state index in [2.05, 4.69) is 23.5 Å². The minimum Gasteiger partial charge on any atom is -0.326 e. The van der Waals surface area contributed by atoms with Crippen LogP contribution in [0.2, 0.25) is 0 Å². The third-order valence-corrected chi connectivity index (χ3v) is 4.77. The van der Waals surface area contributed by atoms with Crippen LogP contribution in [0.5, 0.6) is 0 Å². The molecule has 3 heteroatoms. The van der Waals surface area contributed by atoms with Gasteiger partial charge in [0.1, 0.15) is 0 Å². The Morgan fingerprint density at radius 2 is 1.62 bits per heavy atom. The number of fused-ring (bicyclic) bond motifs is 3. The number of carbonyl (C=O) groups is 2. The molecule has 4 rings (SSSR count). The fourth-order valence-electron chi connectivity index (χ4n) is 3.58. The Morgan fingerprint density at radius 3 is 2.38 bits per heavy atom. The number of hydrogen-bond acceptors (Lipinski definition) is 2. The fourth-order valence-corrected chi connectivity index (χ4v) is 3.58. The van der Waals surface area contributed by atoms with Crippen LogP contribution in [-0.2, 0) is 17.6 Å². The number of nitrogens with one attached hydrogen (secondary N) is 1. The number of ketones is 1. The lowest BCUT2D eigenvalue weighted by molar-refractivity contribution is -0.114. The van der Waals surface area contributed by atoms with Crippen LogP contribution in [0.4, 0.5) is 5.69 Å². The maximum atomic E-state index is 12.7. The third kappa shape index (κ3) is 3.04. The van der Waals surface area contributed by atoms with Crippen molar-refractivity contribution in [3.8, 4) is 11.1 Å². The van der Waals surface area contributed by atoms with Crippen molar-refractivity contribution in [3.63, 3.8) is 0 Å². The van der Waals surface area contributed by atoms with Gasteiger partial charge in [-0.2, -0.15) is 0 Å². The highest BCUT2D eigenvalue weighted by Crippen LogP contribution is 2.39. The van der Waals surface area contributed by atoms with Crippen molar-refractivity contribution in [2.45, 2.75) is 19.8 Å². The van der Waals surface area contributed by atoms with Crippen molar-refractivity contribution in [3.05, 3.63) is 89.0 Å². The van der Waals surface area contributed by atoms with Gasteiger partial charge in [0.15, 0.2) is 5.78 Å². The van der Waals surface area contributed by atoms with Gasteiger partial charge in [0.2, 0.25) is 5.91 Å². The summed E-state index contributed by atoms with van der Waals surface area (Å²) in [4.78, 5) is 24.3. The van der Waals surface area contributed by atoms with Crippen LogP contribution >= 0.6 is 0 Å². The van der Waals surface area contributed by atoms with Gasteiger partial charge < -0.3 is 5.32 Å². The first-order valence-corrected chi connectivity index (χ1v) is 8.72. The van der Waals surface area contributed by atoms with Crippen LogP contribution in [0.1, 0.15) is 34.0 Å². The Balaban J connectivity index is 1.75. The van der Waals surface area contributed by atoms with Crippen molar-refractivity contribution in [2.75, 3.05) is 5.32 Å². The molecule has 0 bridgehead atoms. The van der Waals surface area contributed by atoms with Crippen molar-refractivity contribution in [1.29, 1.82) is 0 Å². The molecule has 0 radical (unpaired) electrons. The van der Waals surface area contributed by atoms with Gasteiger partial charge in [-0.3, -0.25) is 9.59 Å². The largest absolute Gasteiger partial charge is 0.326 e. The summed E-state index contributed by atoms with van der Waals surface area (Å²) < 4.78 is 0. The second-order valence-electron chi connectivity index (χ2n) is 6.65. The lowest BCUT2D eigenvalue weighted by atomic mass is 9.96. The highest BCUT2D eigenvalue weighted by Gasteiger charge is 2.21. The van der Waals surface area contributed by atoms with Gasteiger partial charge in [-0.05, 0) is 46.4 Å². The molecule has 1 aliphatic carbocycles. The second-order valence-corrected chi connectivity index (χ2v) is 6.65. The van der Waals surface area contributed by atoms with Gasteiger partial charge in [0, 0.05) is 24.6 Å². The van der Waals surface area contributed by atoms with E-state index in [-0.39, 0.29) is 18.1 Å². The maximum absolute atomic E-state index is 12.7. The Kier molecular flexibility index (Phi) is 4.13. The van der Waals surface area contributed by atoms with Crippen LogP contribution in [0.25, 0.3) is 11.1 Å². The van der Waals surface area contributed by atoms with Gasteiger partial charge in [-0.15, -0.1) is 0 Å². The van der Waals surface area contributed by atoms with E-state index in [0.717, 1.165) is 23.2 Å². The Bertz CT molecular complexity index is 1010. The lowest BCUT2D eigenvalue weighted by Crippen LogP contribution is -2.11. The zero-order valence-corrected chi connectivity index (χ0v) is 14.6. The molecule has 3 nitrogen and oxygen atoms in total. The molecule has 0 spiro atoms. The monoisotopic (exact) mass is 341 g/mol. The molecule has 26 heavy (non-hydrogen) atoms. The standard InChI is InChI=1S/C23H19NO2/c1-15(25)24-22-13-18-11-17-9-5-6-10-20(17)21(18)12-19(22)14-23(26)16-7-3-2-4-8-16/h2-10,12-13H,11,14H2,1H3,(H,24,25). The topological polar surface area (TPSA) is 46.2 Å². The summed E-state index contributed by atoms with van der Waals surface area (Å²) in [7, 11) is 0. The van der Waals surface area contributed by atoms with Crippen LogP contribution in [-0.4, -0.2) is 11.7 Å². The third-order valence-electron chi connectivity index (χ3n) is 4.77. The summed E-state index contributed by atoms with van der Waals surface area (Å²) in [5.74, 6) is -0.0858. The molecule has 0 unspecified atom stereocenters. The number of Topliss-reactive ketones (excluding diaryl/α,β-unsaturated/α-hetero) is 1. The summed E-state index contributed by atoms with van der Waals surface area (Å²) in [5.41, 5.74) is 7.10. The quantitative estimate of drug-likeness (QED) is 0.550. The number of benzene rings is 3. The molecule has 1 amide bonds. The number of carbonyl (C=O) groups excluding carboxylic acids is 2. The van der Waals surface area contributed by atoms with Crippen molar-refractivity contribution in [2.24, 2.45) is 0 Å². The molecule has 1 aliphatic rings. The number of amides is 1. The van der Waals surface area contributed by atoms with Crippen LogP contribution < -0.4 is 5.32 Å². The minimum absolute atomic E-state index is 0.0448. The molecule has 3 aromatic carbocycles. The lowest BCUT2D eigenvalue weighted by Gasteiger charge is -2.13. The average molecular weight is 341 g/mol. The van der Waals surface area contributed by atoms with E-state index < -0.39 is 0 Å². The van der Waals surface area contributed by atoms with E-state index in [1.807, 2.05) is 48.5 Å². The molecule has 0 heterocycles. The first-order chi connectivity index (χ1) is 12.6. The fraction of sp³-hybridized carbons (Fsp3) is 0.130. The van der Waals surface area contributed by atoms with Gasteiger partial charge in [0.05, 0.1) is 0 Å². The minimum atomic E-state index is -0.131. The molecule has 0 atom stereocenters. The van der Waals surface area contributed by atoms with Crippen molar-refractivity contribution < 1.29 is 9.59 Å². The van der Waals surface area contributed by atoms with E-state index in [1.165, 1.54) is 23.6 Å². The van der Waals surface area contributed by atoms with Gasteiger partial charge >= 0.3 is 0 Å². The summed E-state index contributed by atoms with van der Waals surface area (Å²) in [6.45, 7) is 1.49. The number of anilines is 1. The summed E-state index contributed by atoms with van der Waals surface area (Å²) in [6, 6.07) is 21.7. The molecule has 1 N–H and O–H groups in total. The van der Waals surface area contributed by atoms with Gasteiger partial charge in [-0.25, -0.2) is 0 Å². The highest BCUT2D eigenvalue weighted by atomic mass is 16.1. The van der Waals surface area contributed by atoms with E-state index in [0.29, 0.717) is 5.56 Å². The second kappa shape index (κ2) is 6.60. The smallest absolute Gasteiger partial charge is 0.221 e. The van der Waals surface area contributed by atoms with E-state index >= 15 is 0 Å². The van der Waals surface area contributed by atoms with E-state index in [9.17, 15) is 9.59 Å². The number of hydrogen-bond donors (Lipinski definition) is 1. The average Bonchev–Trinajstić information content (AvgIpc) is 2.99. The van der Waals surface area contributed by atoms with E-state index in [1.54, 1.807) is 0 Å². The van der Waals surface area contributed by atoms with Crippen LogP contribution in [0, 0.1) is 0 Å². The molecule has 3 aromatic rings. The Morgan fingerprint density at radius 1 is 0.885 bits per heavy atom. The molecule has 128 valence electrons. The Labute approximate surface area is 152 Å². The van der Waals surface area contributed by atoms with Gasteiger partial charge in [-0.1, -0.05) is 54.6 Å². The Hall–Kier alpha value is -3.20. The van der Waals surface area contributed by atoms with E-state index in [4.69, 9.17) is 0 Å². The van der Waals surface area contributed by atoms with Gasteiger partial charge in [0.25, 0.3) is 0 Å². The maximum Gasteiger partial charge on any atom is 0.221 e. The first kappa shape index (κ1) is 16.3. The highest BCUT2D eigenvalue weighted by molar-refractivity contribution is 6.00. The van der Waals surface area contributed by atoms with Crippen LogP contribution in [0.15, 0.2) is 66.7 Å². The zero-order chi connectivity index (χ0) is 18.1. The molecule has 0 fully saturated rings. The van der Waals surface area contributed by atoms with Crippen LogP contribution in [0.3, 0.4) is 0 Å². The first-order valence-electron chi connectivity index (χ1n) is 8.72. The molecular formula is C23H19NO2. The predicted octanol–water partition coefficient (Wildman–Crippen LogP) is 4.64.